The summed E-state index contributed by atoms with van der Waals surface area (Å²) in [6, 6.07) is 2.69. The second-order valence-corrected chi connectivity index (χ2v) is 5.49. The summed E-state index contributed by atoms with van der Waals surface area (Å²) in [4.78, 5) is 18.1. The summed E-state index contributed by atoms with van der Waals surface area (Å²) in [5, 5.41) is 2.75. The average Bonchev–Trinajstić information content (AvgIpc) is 2.99. The highest BCUT2D eigenvalue weighted by molar-refractivity contribution is 5.94. The number of nitrogens with zero attached hydrogens (tertiary/aromatic N) is 2. The van der Waals surface area contributed by atoms with E-state index < -0.39 is 5.82 Å². The SMILES string of the molecule is CN1CC2(CC2)CC1C(=O)Nc1ccc(F)cn1. The summed E-state index contributed by atoms with van der Waals surface area (Å²) >= 11 is 0. The Morgan fingerprint density at radius 1 is 1.56 bits per heavy atom. The Hall–Kier alpha value is -1.49. The summed E-state index contributed by atoms with van der Waals surface area (Å²) in [5.74, 6) is -0.0325. The van der Waals surface area contributed by atoms with Crippen molar-refractivity contribution in [1.82, 2.24) is 9.88 Å². The molecule has 1 N–H and O–H groups in total. The Bertz CT molecular complexity index is 470. The number of amides is 1. The van der Waals surface area contributed by atoms with Crippen molar-refractivity contribution < 1.29 is 9.18 Å². The van der Waals surface area contributed by atoms with Crippen LogP contribution < -0.4 is 5.32 Å². The minimum absolute atomic E-state index is 0.0413. The zero-order valence-corrected chi connectivity index (χ0v) is 10.3. The molecule has 1 amide bonds. The molecule has 1 saturated carbocycles. The number of rotatable bonds is 2. The van der Waals surface area contributed by atoms with Crippen LogP contribution in [0.15, 0.2) is 18.3 Å². The Morgan fingerprint density at radius 2 is 2.33 bits per heavy atom. The molecule has 18 heavy (non-hydrogen) atoms. The molecule has 1 spiro atoms. The van der Waals surface area contributed by atoms with Gasteiger partial charge in [0.15, 0.2) is 0 Å². The first kappa shape index (κ1) is 11.6. The topological polar surface area (TPSA) is 45.2 Å². The van der Waals surface area contributed by atoms with Crippen molar-refractivity contribution in [2.24, 2.45) is 5.41 Å². The largest absolute Gasteiger partial charge is 0.309 e. The number of hydrogen-bond donors (Lipinski definition) is 1. The summed E-state index contributed by atoms with van der Waals surface area (Å²) in [6.45, 7) is 1.00. The minimum Gasteiger partial charge on any atom is -0.309 e. The highest BCUT2D eigenvalue weighted by Gasteiger charge is 2.52. The molecule has 2 fully saturated rings. The lowest BCUT2D eigenvalue weighted by Crippen LogP contribution is -2.37. The molecule has 0 aromatic carbocycles. The normalized spacial score (nSPS) is 25.3. The molecule has 2 aliphatic rings. The molecule has 1 saturated heterocycles. The number of carbonyl (C=O) groups is 1. The van der Waals surface area contributed by atoms with Crippen LogP contribution in [0, 0.1) is 11.2 Å². The molecular formula is C13H16FN3O. The Labute approximate surface area is 105 Å². The van der Waals surface area contributed by atoms with Crippen LogP contribution in [0.2, 0.25) is 0 Å². The maximum atomic E-state index is 12.7. The van der Waals surface area contributed by atoms with Crippen LogP contribution in [0.4, 0.5) is 10.2 Å². The fourth-order valence-electron chi connectivity index (χ4n) is 2.76. The molecule has 2 heterocycles. The second kappa shape index (κ2) is 4.02. The number of aromatic nitrogens is 1. The van der Waals surface area contributed by atoms with E-state index >= 15 is 0 Å². The van der Waals surface area contributed by atoms with Gasteiger partial charge in [0.1, 0.15) is 11.6 Å². The molecule has 1 unspecified atom stereocenters. The molecular weight excluding hydrogens is 233 g/mol. The van der Waals surface area contributed by atoms with Crippen LogP contribution in [0.5, 0.6) is 0 Å². The van der Waals surface area contributed by atoms with Crippen molar-refractivity contribution in [2.45, 2.75) is 25.3 Å². The highest BCUT2D eigenvalue weighted by Crippen LogP contribution is 2.54. The van der Waals surface area contributed by atoms with E-state index in [1.54, 1.807) is 0 Å². The number of carbonyl (C=O) groups excluding carboxylic acids is 1. The molecule has 1 aliphatic carbocycles. The number of anilines is 1. The summed E-state index contributed by atoms with van der Waals surface area (Å²) in [7, 11) is 1.98. The molecule has 96 valence electrons. The van der Waals surface area contributed by atoms with Gasteiger partial charge in [-0.05, 0) is 43.9 Å². The molecule has 1 aromatic heterocycles. The van der Waals surface area contributed by atoms with Gasteiger partial charge in [0.2, 0.25) is 5.91 Å². The van der Waals surface area contributed by atoms with Gasteiger partial charge in [-0.3, -0.25) is 9.69 Å². The number of halogens is 1. The van der Waals surface area contributed by atoms with E-state index in [4.69, 9.17) is 0 Å². The number of likely N-dealkylation sites (tertiary alicyclic amines) is 1. The predicted octanol–water partition coefficient (Wildman–Crippen LogP) is 1.64. The molecule has 5 heteroatoms. The quantitative estimate of drug-likeness (QED) is 0.866. The van der Waals surface area contributed by atoms with E-state index in [9.17, 15) is 9.18 Å². The second-order valence-electron chi connectivity index (χ2n) is 5.49. The van der Waals surface area contributed by atoms with E-state index in [-0.39, 0.29) is 11.9 Å². The first-order chi connectivity index (χ1) is 8.58. The van der Waals surface area contributed by atoms with Gasteiger partial charge in [0.25, 0.3) is 0 Å². The lowest BCUT2D eigenvalue weighted by atomic mass is 10.0. The van der Waals surface area contributed by atoms with Crippen LogP contribution in [0.3, 0.4) is 0 Å². The Balaban J connectivity index is 1.66. The maximum Gasteiger partial charge on any atom is 0.242 e. The Morgan fingerprint density at radius 3 is 2.89 bits per heavy atom. The van der Waals surface area contributed by atoms with E-state index in [1.165, 1.54) is 25.0 Å². The smallest absolute Gasteiger partial charge is 0.242 e. The van der Waals surface area contributed by atoms with Gasteiger partial charge in [-0.1, -0.05) is 0 Å². The first-order valence-corrected chi connectivity index (χ1v) is 6.21. The lowest BCUT2D eigenvalue weighted by Gasteiger charge is -2.18. The third kappa shape index (κ3) is 2.10. The van der Waals surface area contributed by atoms with Gasteiger partial charge < -0.3 is 5.32 Å². The molecule has 1 aromatic rings. The van der Waals surface area contributed by atoms with Crippen LogP contribution >= 0.6 is 0 Å². The van der Waals surface area contributed by atoms with Gasteiger partial charge in [-0.25, -0.2) is 9.37 Å². The lowest BCUT2D eigenvalue weighted by molar-refractivity contribution is -0.120. The molecule has 0 radical (unpaired) electrons. The Kier molecular flexibility index (Phi) is 2.59. The van der Waals surface area contributed by atoms with Gasteiger partial charge in [-0.2, -0.15) is 0 Å². The first-order valence-electron chi connectivity index (χ1n) is 6.21. The summed E-state index contributed by atoms with van der Waals surface area (Å²) in [5.41, 5.74) is 0.396. The molecule has 3 rings (SSSR count). The van der Waals surface area contributed by atoms with Crippen LogP contribution in [-0.2, 0) is 4.79 Å². The molecule has 1 atom stereocenters. The average molecular weight is 249 g/mol. The number of pyridine rings is 1. The van der Waals surface area contributed by atoms with Crippen molar-refractivity contribution in [3.8, 4) is 0 Å². The van der Waals surface area contributed by atoms with Crippen LogP contribution in [0.25, 0.3) is 0 Å². The number of likely N-dealkylation sites (N-methyl/N-ethyl adjacent to an activating group) is 1. The van der Waals surface area contributed by atoms with Crippen molar-refractivity contribution in [3.63, 3.8) is 0 Å². The van der Waals surface area contributed by atoms with Gasteiger partial charge >= 0.3 is 0 Å². The summed E-state index contributed by atoms with van der Waals surface area (Å²) < 4.78 is 12.7. The monoisotopic (exact) mass is 249 g/mol. The van der Waals surface area contributed by atoms with E-state index in [2.05, 4.69) is 15.2 Å². The zero-order valence-electron chi connectivity index (χ0n) is 10.3. The van der Waals surface area contributed by atoms with Crippen LogP contribution in [-0.4, -0.2) is 35.4 Å². The third-order valence-electron chi connectivity index (χ3n) is 3.98. The van der Waals surface area contributed by atoms with Gasteiger partial charge in [-0.15, -0.1) is 0 Å². The van der Waals surface area contributed by atoms with Gasteiger partial charge in [0, 0.05) is 6.54 Å². The minimum atomic E-state index is -0.400. The summed E-state index contributed by atoms with van der Waals surface area (Å²) in [6.07, 6.45) is 4.50. The maximum absolute atomic E-state index is 12.7. The van der Waals surface area contributed by atoms with E-state index in [0.717, 1.165) is 19.2 Å². The van der Waals surface area contributed by atoms with Crippen LogP contribution in [0.1, 0.15) is 19.3 Å². The van der Waals surface area contributed by atoms with Gasteiger partial charge in [0.05, 0.1) is 12.2 Å². The molecule has 4 nitrogen and oxygen atoms in total. The van der Waals surface area contributed by atoms with Crippen molar-refractivity contribution in [1.29, 1.82) is 0 Å². The molecule has 1 aliphatic heterocycles. The predicted molar refractivity (Wildman–Crippen MR) is 65.5 cm³/mol. The fraction of sp³-hybridized carbons (Fsp3) is 0.538. The standard InChI is InChI=1S/C13H16FN3O/c1-17-8-13(4-5-13)6-10(17)12(18)16-11-3-2-9(14)7-15-11/h2-3,7,10H,4-6,8H2,1H3,(H,15,16,18). The van der Waals surface area contributed by atoms with Crippen molar-refractivity contribution in [2.75, 3.05) is 18.9 Å². The van der Waals surface area contributed by atoms with Crippen molar-refractivity contribution in [3.05, 3.63) is 24.1 Å². The molecule has 0 bridgehead atoms. The third-order valence-corrected chi connectivity index (χ3v) is 3.98. The number of hydrogen-bond acceptors (Lipinski definition) is 3. The highest BCUT2D eigenvalue weighted by atomic mass is 19.1. The van der Waals surface area contributed by atoms with E-state index in [0.29, 0.717) is 11.2 Å². The number of nitrogens with one attached hydrogen (secondary N) is 1. The zero-order chi connectivity index (χ0) is 12.8. The van der Waals surface area contributed by atoms with Crippen molar-refractivity contribution >= 4 is 11.7 Å². The fourth-order valence-corrected chi connectivity index (χ4v) is 2.76. The van der Waals surface area contributed by atoms with E-state index in [1.807, 2.05) is 7.05 Å².